The lowest BCUT2D eigenvalue weighted by Gasteiger charge is -1.98. The van der Waals surface area contributed by atoms with E-state index in [1.54, 1.807) is 0 Å². The van der Waals surface area contributed by atoms with Crippen molar-refractivity contribution < 1.29 is 20.8 Å². The highest BCUT2D eigenvalue weighted by Gasteiger charge is 2.14. The van der Waals surface area contributed by atoms with Crippen LogP contribution in [-0.4, -0.2) is 22.9 Å². The summed E-state index contributed by atoms with van der Waals surface area (Å²) in [6, 6.07) is 0. The Hall–Kier alpha value is -0.240. The van der Waals surface area contributed by atoms with E-state index in [0.29, 0.717) is 5.57 Å². The van der Waals surface area contributed by atoms with Gasteiger partial charge < -0.3 is 0 Å². The first kappa shape index (κ1) is 10.8. The first-order chi connectivity index (χ1) is 4.83. The molecule has 5 nitrogen and oxygen atoms in total. The SMILES string of the molecule is C=C(C)CS(=O)(=O)OS(=O)O. The van der Waals surface area contributed by atoms with Crippen LogP contribution >= 0.6 is 0 Å². The molecule has 0 aliphatic carbocycles. The van der Waals surface area contributed by atoms with E-state index in [0.717, 1.165) is 0 Å². The van der Waals surface area contributed by atoms with E-state index in [1.165, 1.54) is 6.92 Å². The maximum absolute atomic E-state index is 10.6. The fourth-order valence-electron chi connectivity index (χ4n) is 0.415. The summed E-state index contributed by atoms with van der Waals surface area (Å²) < 4.78 is 42.8. The van der Waals surface area contributed by atoms with E-state index < -0.39 is 27.2 Å². The van der Waals surface area contributed by atoms with Gasteiger partial charge in [0.2, 0.25) is 0 Å². The van der Waals surface area contributed by atoms with E-state index in [-0.39, 0.29) is 0 Å². The predicted molar refractivity (Wildman–Crippen MR) is 40.5 cm³/mol. The lowest BCUT2D eigenvalue weighted by molar-refractivity contribution is 0.444. The third-order valence-electron chi connectivity index (χ3n) is 0.585. The van der Waals surface area contributed by atoms with Crippen molar-refractivity contribution in [3.63, 3.8) is 0 Å². The van der Waals surface area contributed by atoms with Crippen LogP contribution in [0.1, 0.15) is 6.92 Å². The zero-order valence-corrected chi connectivity index (χ0v) is 7.44. The zero-order chi connectivity index (χ0) is 9.07. The third kappa shape index (κ3) is 6.17. The van der Waals surface area contributed by atoms with Gasteiger partial charge in [-0.15, -0.1) is 3.63 Å². The van der Waals surface area contributed by atoms with E-state index in [2.05, 4.69) is 10.2 Å². The first-order valence-electron chi connectivity index (χ1n) is 2.51. The Morgan fingerprint density at radius 3 is 2.45 bits per heavy atom. The molecule has 7 heteroatoms. The van der Waals surface area contributed by atoms with Gasteiger partial charge in [-0.1, -0.05) is 12.2 Å². The van der Waals surface area contributed by atoms with Crippen LogP contribution in [0.3, 0.4) is 0 Å². The fourth-order valence-corrected chi connectivity index (χ4v) is 1.92. The van der Waals surface area contributed by atoms with E-state index in [4.69, 9.17) is 4.55 Å². The molecule has 0 heterocycles. The molecule has 0 aromatic carbocycles. The minimum absolute atomic E-state index is 0.343. The average molecular weight is 200 g/mol. The molecule has 0 amide bonds. The van der Waals surface area contributed by atoms with Gasteiger partial charge in [0, 0.05) is 0 Å². The molecule has 0 rings (SSSR count). The number of rotatable bonds is 4. The minimum Gasteiger partial charge on any atom is -0.283 e. The van der Waals surface area contributed by atoms with Crippen molar-refractivity contribution in [3.8, 4) is 0 Å². The maximum Gasteiger partial charge on any atom is 0.317 e. The van der Waals surface area contributed by atoms with Crippen molar-refractivity contribution >= 4 is 21.5 Å². The molecule has 1 atom stereocenters. The topological polar surface area (TPSA) is 80.7 Å². The Kier molecular flexibility index (Phi) is 3.87. The maximum atomic E-state index is 10.6. The highest BCUT2D eigenvalue weighted by Crippen LogP contribution is 2.00. The van der Waals surface area contributed by atoms with Gasteiger partial charge in [0.25, 0.3) is 10.1 Å². The van der Waals surface area contributed by atoms with Crippen molar-refractivity contribution in [2.75, 3.05) is 5.75 Å². The van der Waals surface area contributed by atoms with Gasteiger partial charge in [0.05, 0.1) is 5.75 Å². The quantitative estimate of drug-likeness (QED) is 0.512. The summed E-state index contributed by atoms with van der Waals surface area (Å²) in [7, 11) is -3.93. The van der Waals surface area contributed by atoms with Gasteiger partial charge in [-0.05, 0) is 6.92 Å². The molecule has 0 aliphatic rings. The molecule has 0 spiro atoms. The molecule has 1 N–H and O–H groups in total. The van der Waals surface area contributed by atoms with Crippen LogP contribution in [0.5, 0.6) is 0 Å². The van der Waals surface area contributed by atoms with Crippen LogP contribution < -0.4 is 0 Å². The summed E-state index contributed by atoms with van der Waals surface area (Å²) in [5.41, 5.74) is 0.343. The van der Waals surface area contributed by atoms with E-state index in [1.807, 2.05) is 0 Å². The molecule has 0 aliphatic heterocycles. The molecule has 0 fully saturated rings. The van der Waals surface area contributed by atoms with Crippen LogP contribution in [-0.2, 0) is 25.1 Å². The molecule has 0 bridgehead atoms. The molecule has 11 heavy (non-hydrogen) atoms. The summed E-state index contributed by atoms with van der Waals surface area (Å²) in [6.45, 7) is 4.78. The fraction of sp³-hybridized carbons (Fsp3) is 0.500. The Balaban J connectivity index is 4.25. The van der Waals surface area contributed by atoms with Gasteiger partial charge in [-0.25, -0.2) is 0 Å². The van der Waals surface area contributed by atoms with Crippen molar-refractivity contribution in [3.05, 3.63) is 12.2 Å². The summed E-state index contributed by atoms with van der Waals surface area (Å²) >= 11 is -2.78. The van der Waals surface area contributed by atoms with Gasteiger partial charge >= 0.3 is 11.4 Å². The van der Waals surface area contributed by atoms with Crippen LogP contribution in [0.4, 0.5) is 0 Å². The summed E-state index contributed by atoms with van der Waals surface area (Å²) in [5, 5.41) is 0. The second-order valence-electron chi connectivity index (χ2n) is 1.94. The molecule has 0 saturated carbocycles. The third-order valence-corrected chi connectivity index (χ3v) is 2.73. The molecule has 0 saturated heterocycles. The smallest absolute Gasteiger partial charge is 0.283 e. The molecule has 0 aromatic rings. The lowest BCUT2D eigenvalue weighted by Crippen LogP contribution is -2.12. The second kappa shape index (κ2) is 3.96. The van der Waals surface area contributed by atoms with Crippen LogP contribution in [0, 0.1) is 0 Å². The second-order valence-corrected chi connectivity index (χ2v) is 4.33. The van der Waals surface area contributed by atoms with Crippen LogP contribution in [0.25, 0.3) is 0 Å². The Bertz CT molecular complexity index is 242. The molecular formula is C4H8O5S2. The average Bonchev–Trinajstić information content (AvgIpc) is 1.53. The number of hydrogen-bond donors (Lipinski definition) is 1. The summed E-state index contributed by atoms with van der Waals surface area (Å²) in [4.78, 5) is 0. The Morgan fingerprint density at radius 2 is 2.18 bits per heavy atom. The lowest BCUT2D eigenvalue weighted by atomic mass is 10.4. The van der Waals surface area contributed by atoms with Crippen molar-refractivity contribution in [2.24, 2.45) is 0 Å². The van der Waals surface area contributed by atoms with Gasteiger partial charge in [-0.3, -0.25) is 4.55 Å². The van der Waals surface area contributed by atoms with Crippen molar-refractivity contribution in [2.45, 2.75) is 6.92 Å². The molecule has 0 radical (unpaired) electrons. The Morgan fingerprint density at radius 1 is 1.73 bits per heavy atom. The molecule has 66 valence electrons. The molecule has 0 aromatic heterocycles. The van der Waals surface area contributed by atoms with Gasteiger partial charge in [0.1, 0.15) is 0 Å². The highest BCUT2D eigenvalue weighted by atomic mass is 32.3. The number of hydrogen-bond acceptors (Lipinski definition) is 4. The zero-order valence-electron chi connectivity index (χ0n) is 5.81. The largest absolute Gasteiger partial charge is 0.317 e. The van der Waals surface area contributed by atoms with E-state index in [9.17, 15) is 12.6 Å². The summed E-state index contributed by atoms with van der Waals surface area (Å²) in [6.07, 6.45) is 0. The molecular weight excluding hydrogens is 192 g/mol. The standard InChI is InChI=1S/C4H8O5S2/c1-4(2)3-11(7,8)9-10(5)6/h1,3H2,2H3,(H,5,6). The van der Waals surface area contributed by atoms with Crippen molar-refractivity contribution in [1.82, 2.24) is 0 Å². The normalized spacial score (nSPS) is 14.4. The minimum atomic E-state index is -3.93. The van der Waals surface area contributed by atoms with Crippen LogP contribution in [0.2, 0.25) is 0 Å². The molecule has 1 unspecified atom stereocenters. The van der Waals surface area contributed by atoms with Crippen molar-refractivity contribution in [1.29, 1.82) is 0 Å². The Labute approximate surface area is 67.7 Å². The predicted octanol–water partition coefficient (Wildman–Crippen LogP) is 0.0456. The highest BCUT2D eigenvalue weighted by molar-refractivity contribution is 7.95. The first-order valence-corrected chi connectivity index (χ1v) is 5.12. The van der Waals surface area contributed by atoms with Gasteiger partial charge in [0.15, 0.2) is 0 Å². The summed E-state index contributed by atoms with van der Waals surface area (Å²) in [5.74, 6) is -0.445. The van der Waals surface area contributed by atoms with Crippen LogP contribution in [0.15, 0.2) is 12.2 Å². The van der Waals surface area contributed by atoms with Gasteiger partial charge in [-0.2, -0.15) is 12.6 Å². The monoisotopic (exact) mass is 200 g/mol. The van der Waals surface area contributed by atoms with E-state index >= 15 is 0 Å².